The van der Waals surface area contributed by atoms with Crippen LogP contribution in [0.1, 0.15) is 32.6 Å². The minimum atomic E-state index is -4.71. The molecule has 54 heavy (non-hydrogen) atoms. The fraction of sp³-hybridized carbons (Fsp3) is 0.150. The first-order valence-corrected chi connectivity index (χ1v) is 16.5. The first-order valence-electron chi connectivity index (χ1n) is 16.5. The van der Waals surface area contributed by atoms with Crippen LogP contribution in [0.3, 0.4) is 0 Å². The number of carbonyl (C=O) groups is 3. The Labute approximate surface area is 307 Å². The zero-order valence-electron chi connectivity index (χ0n) is 28.9. The lowest BCUT2D eigenvalue weighted by molar-refractivity contribution is -0.139. The summed E-state index contributed by atoms with van der Waals surface area (Å²) in [6.07, 6.45) is -4.15. The summed E-state index contributed by atoms with van der Waals surface area (Å²) in [5.41, 5.74) is 4.12. The Hall–Kier alpha value is -6.83. The topological polar surface area (TPSA) is 148 Å². The molecule has 0 radical (unpaired) electrons. The third-order valence-corrected chi connectivity index (χ3v) is 8.39. The van der Waals surface area contributed by atoms with Crippen molar-refractivity contribution in [3.63, 3.8) is 0 Å². The van der Waals surface area contributed by atoms with E-state index >= 15 is 0 Å². The Morgan fingerprint density at radius 2 is 1.50 bits per heavy atom. The van der Waals surface area contributed by atoms with Gasteiger partial charge in [0.1, 0.15) is 18.1 Å². The van der Waals surface area contributed by atoms with Gasteiger partial charge in [-0.25, -0.2) is 4.98 Å². The average Bonchev–Trinajstić information content (AvgIpc) is 3.65. The molecule has 0 atom stereocenters. The van der Waals surface area contributed by atoms with Gasteiger partial charge in [0.25, 0.3) is 11.8 Å². The van der Waals surface area contributed by atoms with Crippen LogP contribution in [0.25, 0.3) is 34.0 Å². The summed E-state index contributed by atoms with van der Waals surface area (Å²) in [5, 5.41) is 16.1. The van der Waals surface area contributed by atoms with Crippen molar-refractivity contribution in [1.29, 1.82) is 0 Å². The summed E-state index contributed by atoms with van der Waals surface area (Å²) in [5.74, 6) is -1.97. The highest BCUT2D eigenvalue weighted by molar-refractivity contribution is 5.96. The number of nitrogens with one attached hydrogen (secondary N) is 1. The molecule has 0 saturated carbocycles. The lowest BCUT2D eigenvalue weighted by Crippen LogP contribution is -2.35. The number of amides is 2. The van der Waals surface area contributed by atoms with E-state index in [9.17, 15) is 32.7 Å². The molecule has 2 aromatic heterocycles. The number of halogens is 3. The Bertz CT molecular complexity index is 2270. The van der Waals surface area contributed by atoms with Gasteiger partial charge >= 0.3 is 12.1 Å². The molecule has 6 aromatic rings. The highest BCUT2D eigenvalue weighted by Gasteiger charge is 2.34. The van der Waals surface area contributed by atoms with Crippen LogP contribution in [0.4, 0.5) is 19.0 Å². The number of nitrogens with zero attached hydrogens (tertiary/aromatic N) is 4. The summed E-state index contributed by atoms with van der Waals surface area (Å²) >= 11 is 0. The molecule has 2 heterocycles. The summed E-state index contributed by atoms with van der Waals surface area (Å²) in [4.78, 5) is 47.3. The van der Waals surface area contributed by atoms with Crippen LogP contribution >= 0.6 is 0 Å². The van der Waals surface area contributed by atoms with Crippen molar-refractivity contribution in [2.45, 2.75) is 26.1 Å². The van der Waals surface area contributed by atoms with E-state index in [0.29, 0.717) is 22.8 Å². The second-order valence-electron chi connectivity index (χ2n) is 12.3. The van der Waals surface area contributed by atoms with Crippen LogP contribution in [0.15, 0.2) is 114 Å². The predicted molar refractivity (Wildman–Crippen MR) is 192 cm³/mol. The Morgan fingerprint density at radius 3 is 2.11 bits per heavy atom. The third-order valence-electron chi connectivity index (χ3n) is 8.39. The highest BCUT2D eigenvalue weighted by Crippen LogP contribution is 2.35. The maximum Gasteiger partial charge on any atom is 0.416 e. The molecule has 0 saturated heterocycles. The molecule has 0 unspecified atom stereocenters. The number of hydrogen-bond acceptors (Lipinski definition) is 8. The largest absolute Gasteiger partial charge is 0.497 e. The van der Waals surface area contributed by atoms with Crippen molar-refractivity contribution in [3.8, 4) is 39.7 Å². The van der Waals surface area contributed by atoms with Crippen LogP contribution in [0, 0.1) is 6.92 Å². The number of aryl methyl sites for hydroxylation is 1. The molecule has 14 heteroatoms. The van der Waals surface area contributed by atoms with Crippen molar-refractivity contribution in [1.82, 2.24) is 20.0 Å². The van der Waals surface area contributed by atoms with Crippen LogP contribution in [0.5, 0.6) is 5.75 Å². The highest BCUT2D eigenvalue weighted by atomic mass is 19.4. The van der Waals surface area contributed by atoms with Gasteiger partial charge in [-0.05, 0) is 65.6 Å². The molecule has 0 aliphatic rings. The van der Waals surface area contributed by atoms with E-state index in [1.165, 1.54) is 30.9 Å². The van der Waals surface area contributed by atoms with Crippen molar-refractivity contribution in [2.24, 2.45) is 0 Å². The molecule has 2 N–H and O–H groups in total. The zero-order chi connectivity index (χ0) is 38.4. The van der Waals surface area contributed by atoms with E-state index in [1.807, 2.05) is 31.2 Å². The van der Waals surface area contributed by atoms with E-state index in [1.54, 1.807) is 24.3 Å². The molecule has 4 aromatic carbocycles. The lowest BCUT2D eigenvalue weighted by atomic mass is 10.0. The van der Waals surface area contributed by atoms with E-state index < -0.39 is 42.5 Å². The second kappa shape index (κ2) is 15.8. The number of alkyl halides is 3. The Balaban J connectivity index is 1.09. The van der Waals surface area contributed by atoms with Gasteiger partial charge in [-0.15, -0.1) is 0 Å². The van der Waals surface area contributed by atoms with Gasteiger partial charge in [0.15, 0.2) is 0 Å². The minimum Gasteiger partial charge on any atom is -0.497 e. The predicted octanol–water partition coefficient (Wildman–Crippen LogP) is 7.71. The lowest BCUT2D eigenvalue weighted by Gasteiger charge is -2.21. The molecule has 2 amide bonds. The molecule has 274 valence electrons. The molecule has 0 bridgehead atoms. The fourth-order valence-electron chi connectivity index (χ4n) is 5.59. The quantitative estimate of drug-likeness (QED) is 0.129. The van der Waals surface area contributed by atoms with E-state index in [2.05, 4.69) is 44.7 Å². The molecule has 0 aliphatic heterocycles. The van der Waals surface area contributed by atoms with Crippen LogP contribution in [-0.4, -0.2) is 56.6 Å². The van der Waals surface area contributed by atoms with Crippen LogP contribution < -0.4 is 10.1 Å². The van der Waals surface area contributed by atoms with Gasteiger partial charge in [-0.3, -0.25) is 14.4 Å². The van der Waals surface area contributed by atoms with Gasteiger partial charge in [0, 0.05) is 23.9 Å². The van der Waals surface area contributed by atoms with Gasteiger partial charge in [0.2, 0.25) is 11.7 Å². The molecule has 0 aliphatic carbocycles. The van der Waals surface area contributed by atoms with Crippen LogP contribution in [-0.2, 0) is 28.7 Å². The summed E-state index contributed by atoms with van der Waals surface area (Å²) in [6.45, 7) is 1.37. The first-order chi connectivity index (χ1) is 25.9. The number of hydrogen-bond donors (Lipinski definition) is 2. The van der Waals surface area contributed by atoms with Gasteiger partial charge < -0.3 is 24.6 Å². The number of carboxylic acid groups (broad SMARTS) is 1. The Morgan fingerprint density at radius 1 is 0.852 bits per heavy atom. The smallest absolute Gasteiger partial charge is 0.416 e. The average molecular weight is 736 g/mol. The summed E-state index contributed by atoms with van der Waals surface area (Å²) in [7, 11) is 1.24. The van der Waals surface area contributed by atoms with Gasteiger partial charge in [-0.2, -0.15) is 18.2 Å². The minimum absolute atomic E-state index is 0.00267. The fourth-order valence-corrected chi connectivity index (χ4v) is 5.59. The van der Waals surface area contributed by atoms with Gasteiger partial charge in [-0.1, -0.05) is 77.5 Å². The van der Waals surface area contributed by atoms with E-state index in [-0.39, 0.29) is 29.2 Å². The number of carbonyl (C=O) groups excluding carboxylic acids is 2. The molecular formula is C40H32F3N5O6. The van der Waals surface area contributed by atoms with Crippen molar-refractivity contribution in [2.75, 3.05) is 19.0 Å². The molecule has 0 fully saturated rings. The normalized spacial score (nSPS) is 11.2. The number of anilines is 1. The maximum absolute atomic E-state index is 13.6. The third kappa shape index (κ3) is 8.96. The van der Waals surface area contributed by atoms with E-state index in [0.717, 1.165) is 39.9 Å². The molecule has 11 nitrogen and oxygen atoms in total. The van der Waals surface area contributed by atoms with Crippen molar-refractivity contribution in [3.05, 3.63) is 137 Å². The number of aromatic nitrogens is 3. The number of carboxylic acids is 1. The van der Waals surface area contributed by atoms with Crippen molar-refractivity contribution >= 4 is 23.6 Å². The van der Waals surface area contributed by atoms with Gasteiger partial charge in [0.05, 0.1) is 24.7 Å². The number of pyridine rings is 1. The SMILES string of the molecule is COc1ccc(CC(=O)Nc2ccc(C(=O)N(CC(=O)O)Cc3ccc(-c4noc(-c5ccc(-c6ccc(C)cc6)cc5)n4)cc3)cn2)c(C(F)(F)F)c1. The number of benzene rings is 4. The van der Waals surface area contributed by atoms with Crippen LogP contribution in [0.2, 0.25) is 0 Å². The maximum atomic E-state index is 13.6. The number of rotatable bonds is 12. The van der Waals surface area contributed by atoms with E-state index in [4.69, 9.17) is 9.26 Å². The second-order valence-corrected chi connectivity index (χ2v) is 12.3. The molecule has 0 spiro atoms. The summed E-state index contributed by atoms with van der Waals surface area (Å²) in [6, 6.07) is 28.8. The molecular weight excluding hydrogens is 703 g/mol. The Kier molecular flexibility index (Phi) is 10.8. The first kappa shape index (κ1) is 36.9. The number of ether oxygens (including phenoxy) is 1. The zero-order valence-corrected chi connectivity index (χ0v) is 28.9. The van der Waals surface area contributed by atoms with Crippen molar-refractivity contribution < 1.29 is 41.9 Å². The monoisotopic (exact) mass is 735 g/mol. The summed E-state index contributed by atoms with van der Waals surface area (Å²) < 4.78 is 51.1. The molecule has 6 rings (SSSR count). The number of methoxy groups -OCH3 is 1. The number of aliphatic carboxylic acids is 1. The standard InChI is InChI=1S/C40H32F3N5O6/c1-24-3-7-26(8-4-24)27-11-13-29(14-12-27)38-46-37(47-54-38)28-9-5-25(6-10-28)22-48(23-36(50)51)39(52)31-16-18-34(44-21-31)45-35(49)19-30-15-17-32(53-2)20-33(30)40(41,42)43/h3-18,20-21H,19,22-23H2,1-2H3,(H,50,51)(H,44,45,49).